The smallest absolute Gasteiger partial charge is 0.231 e. The Kier molecular flexibility index (Phi) is 5.27. The van der Waals surface area contributed by atoms with Crippen LogP contribution in [0.5, 0.6) is 0 Å². The molecule has 0 amide bonds. The minimum absolute atomic E-state index is 0. The number of halogens is 2. The van der Waals surface area contributed by atoms with Gasteiger partial charge < -0.3 is 9.84 Å². The Morgan fingerprint density at radius 3 is 3.00 bits per heavy atom. The third-order valence-corrected chi connectivity index (χ3v) is 3.59. The average Bonchev–Trinajstić information content (AvgIpc) is 2.90. The highest BCUT2D eigenvalue weighted by atomic mass is 35.5. The fourth-order valence-electron chi connectivity index (χ4n) is 2.37. The van der Waals surface area contributed by atoms with E-state index in [-0.39, 0.29) is 24.3 Å². The van der Waals surface area contributed by atoms with E-state index in [2.05, 4.69) is 20.4 Å². The van der Waals surface area contributed by atoms with Crippen LogP contribution in [0.15, 0.2) is 28.8 Å². The summed E-state index contributed by atoms with van der Waals surface area (Å²) >= 11 is 0. The zero-order valence-electron chi connectivity index (χ0n) is 11.8. The van der Waals surface area contributed by atoms with Gasteiger partial charge in [-0.3, -0.25) is 4.90 Å². The second-order valence-electron chi connectivity index (χ2n) is 5.02. The highest BCUT2D eigenvalue weighted by Gasteiger charge is 2.25. The van der Waals surface area contributed by atoms with Crippen LogP contribution < -0.4 is 5.32 Å². The van der Waals surface area contributed by atoms with Crippen LogP contribution in [0.3, 0.4) is 0 Å². The van der Waals surface area contributed by atoms with E-state index in [1.807, 2.05) is 7.05 Å². The molecule has 1 saturated heterocycles. The summed E-state index contributed by atoms with van der Waals surface area (Å²) in [6.07, 6.45) is 0.323. The van der Waals surface area contributed by atoms with E-state index < -0.39 is 0 Å². The number of nitrogens with zero attached hydrogens (tertiary/aromatic N) is 3. The van der Waals surface area contributed by atoms with Gasteiger partial charge in [0.2, 0.25) is 5.89 Å². The van der Waals surface area contributed by atoms with Gasteiger partial charge in [-0.05, 0) is 18.7 Å². The highest BCUT2D eigenvalue weighted by molar-refractivity contribution is 5.85. The lowest BCUT2D eigenvalue weighted by Gasteiger charge is -2.30. The van der Waals surface area contributed by atoms with Crippen molar-refractivity contribution in [3.05, 3.63) is 47.4 Å². The lowest BCUT2D eigenvalue weighted by Crippen LogP contribution is -2.44. The van der Waals surface area contributed by atoms with Crippen molar-refractivity contribution in [3.8, 4) is 0 Å². The Bertz CT molecular complexity index is 592. The van der Waals surface area contributed by atoms with Gasteiger partial charge in [-0.2, -0.15) is 4.98 Å². The quantitative estimate of drug-likeness (QED) is 0.936. The van der Waals surface area contributed by atoms with Gasteiger partial charge in [-0.25, -0.2) is 4.39 Å². The molecule has 114 valence electrons. The number of rotatable bonds is 3. The zero-order chi connectivity index (χ0) is 13.9. The average molecular weight is 313 g/mol. The molecule has 2 aromatic rings. The number of aromatic nitrogens is 2. The first kappa shape index (κ1) is 15.9. The maximum atomic E-state index is 13.6. The molecule has 21 heavy (non-hydrogen) atoms. The normalized spacial score (nSPS) is 19.2. The summed E-state index contributed by atoms with van der Waals surface area (Å²) < 4.78 is 18.8. The number of likely N-dealkylation sites (N-methyl/N-ethyl adjacent to an activating group) is 1. The molecule has 5 nitrogen and oxygen atoms in total. The van der Waals surface area contributed by atoms with Crippen LogP contribution in [0.2, 0.25) is 0 Å². The topological polar surface area (TPSA) is 54.2 Å². The Morgan fingerprint density at radius 2 is 2.24 bits per heavy atom. The van der Waals surface area contributed by atoms with E-state index in [1.54, 1.807) is 18.2 Å². The Morgan fingerprint density at radius 1 is 1.43 bits per heavy atom. The molecule has 1 aliphatic rings. The number of hydrogen-bond donors (Lipinski definition) is 1. The maximum Gasteiger partial charge on any atom is 0.231 e. The monoisotopic (exact) mass is 312 g/mol. The van der Waals surface area contributed by atoms with Gasteiger partial charge in [-0.1, -0.05) is 23.4 Å². The molecule has 0 spiro atoms. The molecule has 1 unspecified atom stereocenters. The van der Waals surface area contributed by atoms with Crippen molar-refractivity contribution in [1.82, 2.24) is 20.4 Å². The fraction of sp³-hybridized carbons (Fsp3) is 0.429. The summed E-state index contributed by atoms with van der Waals surface area (Å²) in [5, 5.41) is 7.33. The van der Waals surface area contributed by atoms with Gasteiger partial charge >= 0.3 is 0 Å². The lowest BCUT2D eigenvalue weighted by molar-refractivity contribution is 0.190. The highest BCUT2D eigenvalue weighted by Crippen LogP contribution is 2.19. The van der Waals surface area contributed by atoms with Crippen molar-refractivity contribution < 1.29 is 8.91 Å². The van der Waals surface area contributed by atoms with Crippen LogP contribution in [-0.2, 0) is 6.42 Å². The first-order valence-electron chi connectivity index (χ1n) is 6.71. The first-order valence-corrected chi connectivity index (χ1v) is 6.71. The third kappa shape index (κ3) is 3.58. The standard InChI is InChI=1S/C14H17FN4O.ClH/c1-19-7-6-16-9-12(19)14-17-13(20-18-14)8-10-4-2-3-5-11(10)15;/h2-5,12,16H,6-9H2,1H3;1H. The van der Waals surface area contributed by atoms with E-state index in [1.165, 1.54) is 6.07 Å². The van der Waals surface area contributed by atoms with Gasteiger partial charge in [0.1, 0.15) is 5.82 Å². The second-order valence-corrected chi connectivity index (χ2v) is 5.02. The Labute approximate surface area is 128 Å². The van der Waals surface area contributed by atoms with Crippen molar-refractivity contribution in [1.29, 1.82) is 0 Å². The lowest BCUT2D eigenvalue weighted by atomic mass is 10.1. The van der Waals surface area contributed by atoms with E-state index in [4.69, 9.17) is 4.52 Å². The molecule has 7 heteroatoms. The largest absolute Gasteiger partial charge is 0.339 e. The number of hydrogen-bond acceptors (Lipinski definition) is 5. The Balaban J connectivity index is 0.00000161. The van der Waals surface area contributed by atoms with E-state index in [9.17, 15) is 4.39 Å². The van der Waals surface area contributed by atoms with Crippen molar-refractivity contribution in [2.45, 2.75) is 12.5 Å². The number of benzene rings is 1. The van der Waals surface area contributed by atoms with Crippen molar-refractivity contribution in [3.63, 3.8) is 0 Å². The minimum Gasteiger partial charge on any atom is -0.339 e. The Hall–Kier alpha value is -1.50. The van der Waals surface area contributed by atoms with Gasteiger partial charge in [-0.15, -0.1) is 12.4 Å². The van der Waals surface area contributed by atoms with Crippen LogP contribution >= 0.6 is 12.4 Å². The number of nitrogens with one attached hydrogen (secondary N) is 1. The van der Waals surface area contributed by atoms with Gasteiger partial charge in [0.15, 0.2) is 5.82 Å². The molecule has 0 bridgehead atoms. The molecule has 1 aliphatic heterocycles. The SMILES string of the molecule is CN1CCNCC1c1noc(Cc2ccccc2F)n1.Cl. The van der Waals surface area contributed by atoms with Crippen LogP contribution in [0, 0.1) is 5.82 Å². The molecule has 1 aromatic carbocycles. The molecule has 0 aliphatic carbocycles. The minimum atomic E-state index is -0.247. The summed E-state index contributed by atoms with van der Waals surface area (Å²) in [6.45, 7) is 2.71. The summed E-state index contributed by atoms with van der Waals surface area (Å²) in [7, 11) is 2.04. The number of piperazine rings is 1. The molecule has 0 saturated carbocycles. The third-order valence-electron chi connectivity index (χ3n) is 3.59. The van der Waals surface area contributed by atoms with Crippen LogP contribution in [0.1, 0.15) is 23.3 Å². The molecule has 0 radical (unpaired) electrons. The molecule has 1 N–H and O–H groups in total. The molecule has 1 atom stereocenters. The van der Waals surface area contributed by atoms with Gasteiger partial charge in [0.05, 0.1) is 12.5 Å². The molecule has 1 aromatic heterocycles. The van der Waals surface area contributed by atoms with Crippen molar-refractivity contribution in [2.75, 3.05) is 26.7 Å². The van der Waals surface area contributed by atoms with E-state index >= 15 is 0 Å². The maximum absolute atomic E-state index is 13.6. The van der Waals surface area contributed by atoms with E-state index in [0.717, 1.165) is 19.6 Å². The second kappa shape index (κ2) is 6.98. The summed E-state index contributed by atoms with van der Waals surface area (Å²) in [4.78, 5) is 6.58. The van der Waals surface area contributed by atoms with Crippen molar-refractivity contribution >= 4 is 12.4 Å². The molecule has 3 rings (SSSR count). The molecule has 2 heterocycles. The first-order chi connectivity index (χ1) is 9.74. The molecular weight excluding hydrogens is 295 g/mol. The molecule has 1 fully saturated rings. The van der Waals surface area contributed by atoms with Gasteiger partial charge in [0.25, 0.3) is 0 Å². The van der Waals surface area contributed by atoms with Crippen molar-refractivity contribution in [2.24, 2.45) is 0 Å². The zero-order valence-corrected chi connectivity index (χ0v) is 12.6. The van der Waals surface area contributed by atoms with Crippen LogP contribution in [0.4, 0.5) is 4.39 Å². The van der Waals surface area contributed by atoms with E-state index in [0.29, 0.717) is 23.7 Å². The van der Waals surface area contributed by atoms with Crippen LogP contribution in [-0.4, -0.2) is 41.7 Å². The fourth-order valence-corrected chi connectivity index (χ4v) is 2.37. The summed E-state index contributed by atoms with van der Waals surface area (Å²) in [5.74, 6) is 0.860. The summed E-state index contributed by atoms with van der Waals surface area (Å²) in [5.41, 5.74) is 0.567. The predicted molar refractivity (Wildman–Crippen MR) is 79.0 cm³/mol. The van der Waals surface area contributed by atoms with Crippen LogP contribution in [0.25, 0.3) is 0 Å². The predicted octanol–water partition coefficient (Wildman–Crippen LogP) is 1.80. The molecular formula is C14H18ClFN4O. The summed E-state index contributed by atoms with van der Waals surface area (Å²) in [6, 6.07) is 6.75. The van der Waals surface area contributed by atoms with Gasteiger partial charge in [0, 0.05) is 19.6 Å².